The van der Waals surface area contributed by atoms with Gasteiger partial charge in [0.05, 0.1) is 0 Å². The molecule has 1 aromatic rings. The molecule has 22 heavy (non-hydrogen) atoms. The standard InChI is InChI=1S/C17H29N3OS/c1-14(11-16-5-4-10-22-16)12-18-17(21)20(3)13-15-6-8-19(2)9-7-15/h4-5,10,14-15H,6-9,11-13H2,1-3H3,(H,18,21)/t14-/m1/s1. The van der Waals surface area contributed by atoms with Crippen LogP contribution in [0.4, 0.5) is 4.79 Å². The molecule has 2 amide bonds. The Labute approximate surface area is 138 Å². The van der Waals surface area contributed by atoms with Gasteiger partial charge in [0.2, 0.25) is 0 Å². The topological polar surface area (TPSA) is 35.6 Å². The fourth-order valence-electron chi connectivity index (χ4n) is 2.96. The van der Waals surface area contributed by atoms with E-state index in [0.29, 0.717) is 11.8 Å². The maximum atomic E-state index is 12.2. The van der Waals surface area contributed by atoms with Gasteiger partial charge in [0.25, 0.3) is 0 Å². The van der Waals surface area contributed by atoms with Crippen molar-refractivity contribution in [2.24, 2.45) is 11.8 Å². The Hall–Kier alpha value is -1.07. The van der Waals surface area contributed by atoms with Crippen LogP contribution in [0.15, 0.2) is 17.5 Å². The van der Waals surface area contributed by atoms with Gasteiger partial charge in [-0.05, 0) is 62.7 Å². The van der Waals surface area contributed by atoms with E-state index in [1.807, 2.05) is 11.9 Å². The molecule has 4 nitrogen and oxygen atoms in total. The fourth-order valence-corrected chi connectivity index (χ4v) is 3.83. The molecule has 1 N–H and O–H groups in total. The summed E-state index contributed by atoms with van der Waals surface area (Å²) in [5.41, 5.74) is 0. The number of urea groups is 1. The molecule has 0 spiro atoms. The van der Waals surface area contributed by atoms with Crippen LogP contribution < -0.4 is 5.32 Å². The van der Waals surface area contributed by atoms with Gasteiger partial charge in [-0.15, -0.1) is 11.3 Å². The highest BCUT2D eigenvalue weighted by molar-refractivity contribution is 7.09. The van der Waals surface area contributed by atoms with Gasteiger partial charge in [-0.2, -0.15) is 0 Å². The van der Waals surface area contributed by atoms with Gasteiger partial charge in [0, 0.05) is 25.0 Å². The number of carbonyl (C=O) groups excluding carboxylic acids is 1. The summed E-state index contributed by atoms with van der Waals surface area (Å²) < 4.78 is 0. The first-order chi connectivity index (χ1) is 10.5. The number of piperidine rings is 1. The van der Waals surface area contributed by atoms with Crippen LogP contribution in [-0.2, 0) is 6.42 Å². The van der Waals surface area contributed by atoms with Crippen LogP contribution in [0.25, 0.3) is 0 Å². The molecule has 0 bridgehead atoms. The highest BCUT2D eigenvalue weighted by Gasteiger charge is 2.20. The predicted octanol–water partition coefficient (Wildman–Crippen LogP) is 2.91. The van der Waals surface area contributed by atoms with Gasteiger partial charge < -0.3 is 15.1 Å². The lowest BCUT2D eigenvalue weighted by Gasteiger charge is -2.31. The van der Waals surface area contributed by atoms with E-state index in [-0.39, 0.29) is 6.03 Å². The largest absolute Gasteiger partial charge is 0.338 e. The molecule has 0 saturated carbocycles. The minimum Gasteiger partial charge on any atom is -0.338 e. The summed E-state index contributed by atoms with van der Waals surface area (Å²) in [6, 6.07) is 4.31. The van der Waals surface area contributed by atoms with E-state index >= 15 is 0 Å². The monoisotopic (exact) mass is 323 g/mol. The zero-order valence-electron chi connectivity index (χ0n) is 14.0. The highest BCUT2D eigenvalue weighted by Crippen LogP contribution is 2.17. The van der Waals surface area contributed by atoms with E-state index in [4.69, 9.17) is 0 Å². The number of carbonyl (C=O) groups is 1. The Balaban J connectivity index is 1.65. The predicted molar refractivity (Wildman–Crippen MR) is 93.4 cm³/mol. The van der Waals surface area contributed by atoms with Crippen LogP contribution in [0.1, 0.15) is 24.6 Å². The Morgan fingerprint density at radius 1 is 1.50 bits per heavy atom. The Bertz CT molecular complexity index is 441. The number of amides is 2. The molecule has 2 heterocycles. The van der Waals surface area contributed by atoms with Gasteiger partial charge in [-0.25, -0.2) is 4.79 Å². The molecule has 1 aliphatic rings. The molecule has 1 fully saturated rings. The summed E-state index contributed by atoms with van der Waals surface area (Å²) in [6.45, 7) is 6.11. The Kier molecular flexibility index (Phi) is 6.70. The molecule has 1 atom stereocenters. The van der Waals surface area contributed by atoms with Gasteiger partial charge >= 0.3 is 6.03 Å². The number of nitrogens with zero attached hydrogens (tertiary/aromatic N) is 2. The van der Waals surface area contributed by atoms with E-state index in [0.717, 1.165) is 32.6 Å². The van der Waals surface area contributed by atoms with Crippen molar-refractivity contribution in [2.45, 2.75) is 26.2 Å². The number of likely N-dealkylation sites (tertiary alicyclic amines) is 1. The van der Waals surface area contributed by atoms with E-state index in [1.165, 1.54) is 17.7 Å². The first kappa shape index (κ1) is 17.3. The van der Waals surface area contributed by atoms with Crippen molar-refractivity contribution in [1.82, 2.24) is 15.1 Å². The second kappa shape index (κ2) is 8.53. The normalized spacial score (nSPS) is 18.1. The van der Waals surface area contributed by atoms with Crippen molar-refractivity contribution < 1.29 is 4.79 Å². The molecule has 0 radical (unpaired) electrons. The third-order valence-corrected chi connectivity index (χ3v) is 5.35. The summed E-state index contributed by atoms with van der Waals surface area (Å²) in [6.07, 6.45) is 3.43. The minimum absolute atomic E-state index is 0.0666. The quantitative estimate of drug-likeness (QED) is 0.874. The summed E-state index contributed by atoms with van der Waals surface area (Å²) in [7, 11) is 4.08. The van der Waals surface area contributed by atoms with E-state index in [2.05, 4.69) is 41.7 Å². The summed E-state index contributed by atoms with van der Waals surface area (Å²) in [5.74, 6) is 1.12. The molecular formula is C17H29N3OS. The van der Waals surface area contributed by atoms with Crippen molar-refractivity contribution in [3.63, 3.8) is 0 Å². The molecule has 0 unspecified atom stereocenters. The van der Waals surface area contributed by atoms with Gasteiger partial charge in [-0.3, -0.25) is 0 Å². The summed E-state index contributed by atoms with van der Waals surface area (Å²) in [5, 5.41) is 5.18. The Morgan fingerprint density at radius 3 is 2.86 bits per heavy atom. The van der Waals surface area contributed by atoms with Crippen LogP contribution >= 0.6 is 11.3 Å². The average molecular weight is 324 g/mol. The molecule has 1 aromatic heterocycles. The lowest BCUT2D eigenvalue weighted by molar-refractivity contribution is 0.169. The van der Waals surface area contributed by atoms with Crippen molar-refractivity contribution in [1.29, 1.82) is 0 Å². The first-order valence-electron chi connectivity index (χ1n) is 8.24. The maximum absolute atomic E-state index is 12.2. The number of hydrogen-bond donors (Lipinski definition) is 1. The lowest BCUT2D eigenvalue weighted by atomic mass is 9.97. The van der Waals surface area contributed by atoms with Crippen molar-refractivity contribution in [3.05, 3.63) is 22.4 Å². The molecular weight excluding hydrogens is 294 g/mol. The number of hydrogen-bond acceptors (Lipinski definition) is 3. The van der Waals surface area contributed by atoms with Crippen LogP contribution in [0, 0.1) is 11.8 Å². The number of rotatable bonds is 6. The van der Waals surface area contributed by atoms with Crippen molar-refractivity contribution in [2.75, 3.05) is 40.3 Å². The van der Waals surface area contributed by atoms with Gasteiger partial charge in [0.1, 0.15) is 0 Å². The summed E-state index contributed by atoms with van der Waals surface area (Å²) in [4.78, 5) is 17.8. The first-order valence-corrected chi connectivity index (χ1v) is 9.12. The third kappa shape index (κ3) is 5.61. The van der Waals surface area contributed by atoms with Crippen molar-refractivity contribution >= 4 is 17.4 Å². The molecule has 0 aliphatic carbocycles. The van der Waals surface area contributed by atoms with Crippen molar-refractivity contribution in [3.8, 4) is 0 Å². The maximum Gasteiger partial charge on any atom is 0.317 e. The number of nitrogens with one attached hydrogen (secondary N) is 1. The second-order valence-electron chi connectivity index (χ2n) is 6.70. The van der Waals surface area contributed by atoms with Gasteiger partial charge in [-0.1, -0.05) is 13.0 Å². The zero-order chi connectivity index (χ0) is 15.9. The third-order valence-electron chi connectivity index (χ3n) is 4.45. The molecule has 0 aromatic carbocycles. The van der Waals surface area contributed by atoms with E-state index < -0.39 is 0 Å². The Morgan fingerprint density at radius 2 is 2.23 bits per heavy atom. The van der Waals surface area contributed by atoms with Gasteiger partial charge in [0.15, 0.2) is 0 Å². The molecule has 1 saturated heterocycles. The molecule has 124 valence electrons. The van der Waals surface area contributed by atoms with Crippen LogP contribution in [-0.4, -0.2) is 56.1 Å². The zero-order valence-corrected chi connectivity index (χ0v) is 14.9. The molecule has 2 rings (SSSR count). The average Bonchev–Trinajstić information content (AvgIpc) is 3.00. The SMILES string of the molecule is C[C@@H](CNC(=O)N(C)CC1CCN(C)CC1)Cc1cccs1. The highest BCUT2D eigenvalue weighted by atomic mass is 32.1. The fraction of sp³-hybridized carbons (Fsp3) is 0.706. The van der Waals surface area contributed by atoms with E-state index in [9.17, 15) is 4.79 Å². The summed E-state index contributed by atoms with van der Waals surface area (Å²) >= 11 is 1.79. The lowest BCUT2D eigenvalue weighted by Crippen LogP contribution is -2.43. The molecule has 1 aliphatic heterocycles. The van der Waals surface area contributed by atoms with E-state index in [1.54, 1.807) is 11.3 Å². The van der Waals surface area contributed by atoms with Crippen LogP contribution in [0.2, 0.25) is 0 Å². The second-order valence-corrected chi connectivity index (χ2v) is 7.73. The number of thiophene rings is 1. The molecule has 5 heteroatoms. The smallest absolute Gasteiger partial charge is 0.317 e. The van der Waals surface area contributed by atoms with Crippen LogP contribution in [0.5, 0.6) is 0 Å². The van der Waals surface area contributed by atoms with Crippen LogP contribution in [0.3, 0.4) is 0 Å². The minimum atomic E-state index is 0.0666.